The Morgan fingerprint density at radius 2 is 1.82 bits per heavy atom. The van der Waals surface area contributed by atoms with Gasteiger partial charge in [-0.1, -0.05) is 12.8 Å². The summed E-state index contributed by atoms with van der Waals surface area (Å²) in [6.07, 6.45) is 3.22. The first kappa shape index (κ1) is 15.8. The quantitative estimate of drug-likeness (QED) is 0.846. The second kappa shape index (κ2) is 6.22. The number of sulfonamides is 1. The zero-order valence-electron chi connectivity index (χ0n) is 13.2. The van der Waals surface area contributed by atoms with Crippen LogP contribution in [0.2, 0.25) is 0 Å². The predicted octanol–water partition coefficient (Wildman–Crippen LogP) is 1.74. The molecule has 1 saturated heterocycles. The topological polar surface area (TPSA) is 72.4 Å². The molecule has 0 amide bonds. The van der Waals surface area contributed by atoms with E-state index in [4.69, 9.17) is 4.74 Å². The first-order chi connectivity index (χ1) is 10.5. The number of rotatable bonds is 3. The molecule has 1 aromatic rings. The van der Waals surface area contributed by atoms with E-state index in [1.165, 1.54) is 0 Å². The van der Waals surface area contributed by atoms with Crippen LogP contribution in [-0.4, -0.2) is 47.6 Å². The van der Waals surface area contributed by atoms with E-state index in [0.29, 0.717) is 25.5 Å². The van der Waals surface area contributed by atoms with Crippen molar-refractivity contribution in [1.29, 1.82) is 0 Å². The summed E-state index contributed by atoms with van der Waals surface area (Å²) in [7, 11) is -3.23. The van der Waals surface area contributed by atoms with E-state index in [0.717, 1.165) is 37.1 Å². The van der Waals surface area contributed by atoms with E-state index in [9.17, 15) is 8.42 Å². The Balaban J connectivity index is 1.79. The summed E-state index contributed by atoms with van der Waals surface area (Å²) in [5.41, 5.74) is 1.75. The summed E-state index contributed by atoms with van der Waals surface area (Å²) in [4.78, 5) is 8.83. The highest BCUT2D eigenvalue weighted by Crippen LogP contribution is 2.30. The Morgan fingerprint density at radius 3 is 2.45 bits per heavy atom. The molecule has 0 bridgehead atoms. The van der Waals surface area contributed by atoms with E-state index in [1.807, 2.05) is 19.9 Å². The van der Waals surface area contributed by atoms with E-state index >= 15 is 0 Å². The molecule has 1 aliphatic heterocycles. The molecule has 1 saturated carbocycles. The maximum Gasteiger partial charge on any atom is 0.217 e. The molecule has 0 N–H and O–H groups in total. The van der Waals surface area contributed by atoms with Crippen LogP contribution in [-0.2, 0) is 14.8 Å². The van der Waals surface area contributed by atoms with Gasteiger partial charge >= 0.3 is 0 Å². The van der Waals surface area contributed by atoms with Crippen LogP contribution in [0.5, 0.6) is 0 Å². The molecule has 22 heavy (non-hydrogen) atoms. The van der Waals surface area contributed by atoms with Crippen LogP contribution >= 0.6 is 0 Å². The van der Waals surface area contributed by atoms with Gasteiger partial charge in [0.1, 0.15) is 6.10 Å². The van der Waals surface area contributed by atoms with Gasteiger partial charge in [0.15, 0.2) is 5.82 Å². The Kier molecular flexibility index (Phi) is 4.47. The first-order valence-electron chi connectivity index (χ1n) is 7.89. The van der Waals surface area contributed by atoms with Crippen LogP contribution in [0, 0.1) is 13.8 Å². The molecule has 7 heteroatoms. The van der Waals surface area contributed by atoms with E-state index in [2.05, 4.69) is 9.97 Å². The molecule has 122 valence electrons. The van der Waals surface area contributed by atoms with Crippen LogP contribution < -0.4 is 0 Å². The lowest BCUT2D eigenvalue weighted by atomic mass is 10.2. The third-order valence-corrected chi connectivity index (χ3v) is 6.77. The fourth-order valence-electron chi connectivity index (χ4n) is 3.31. The zero-order chi connectivity index (χ0) is 15.7. The van der Waals surface area contributed by atoms with Crippen LogP contribution in [0.15, 0.2) is 6.07 Å². The van der Waals surface area contributed by atoms with Crippen LogP contribution in [0.4, 0.5) is 0 Å². The minimum atomic E-state index is -3.23. The molecule has 3 rings (SSSR count). The summed E-state index contributed by atoms with van der Waals surface area (Å²) in [6, 6.07) is 1.90. The standard InChI is InChI=1S/C15H23N3O3S/c1-11-9-12(2)17-15(16-11)14-10-18(7-8-21-14)22(19,20)13-5-3-4-6-13/h9,13-14H,3-8,10H2,1-2H3/t14-/m1/s1. The van der Waals surface area contributed by atoms with Gasteiger partial charge in [0, 0.05) is 24.5 Å². The van der Waals surface area contributed by atoms with Crippen LogP contribution in [0.3, 0.4) is 0 Å². The fraction of sp³-hybridized carbons (Fsp3) is 0.733. The summed E-state index contributed by atoms with van der Waals surface area (Å²) in [5.74, 6) is 0.587. The summed E-state index contributed by atoms with van der Waals surface area (Å²) in [6.45, 7) is 4.97. The lowest BCUT2D eigenvalue weighted by Crippen LogP contribution is -2.46. The highest BCUT2D eigenvalue weighted by molar-refractivity contribution is 7.89. The maximum absolute atomic E-state index is 12.7. The van der Waals surface area contributed by atoms with Gasteiger partial charge in [-0.2, -0.15) is 4.31 Å². The van der Waals surface area contributed by atoms with Crippen molar-refractivity contribution in [3.63, 3.8) is 0 Å². The molecule has 0 radical (unpaired) electrons. The van der Waals surface area contributed by atoms with Crippen LogP contribution in [0.1, 0.15) is 49.0 Å². The molecule has 1 atom stereocenters. The normalized spacial score (nSPS) is 24.7. The number of nitrogens with zero attached hydrogens (tertiary/aromatic N) is 3. The Labute approximate surface area is 132 Å². The predicted molar refractivity (Wildman–Crippen MR) is 82.9 cm³/mol. The van der Waals surface area contributed by atoms with Gasteiger partial charge in [-0.15, -0.1) is 0 Å². The van der Waals surface area contributed by atoms with E-state index < -0.39 is 10.0 Å². The average Bonchev–Trinajstić information content (AvgIpc) is 3.01. The van der Waals surface area contributed by atoms with Crippen molar-refractivity contribution < 1.29 is 13.2 Å². The molecule has 2 aliphatic rings. The minimum absolute atomic E-state index is 0.216. The smallest absolute Gasteiger partial charge is 0.217 e. The molecular weight excluding hydrogens is 302 g/mol. The second-order valence-corrected chi connectivity index (χ2v) is 8.39. The van der Waals surface area contributed by atoms with Gasteiger partial charge in [-0.05, 0) is 32.8 Å². The Bertz CT molecular complexity index is 621. The lowest BCUT2D eigenvalue weighted by molar-refractivity contribution is -0.00795. The van der Waals surface area contributed by atoms with Crippen molar-refractivity contribution >= 4 is 10.0 Å². The molecule has 2 heterocycles. The summed E-state index contributed by atoms with van der Waals surface area (Å²) in [5, 5.41) is -0.216. The van der Waals surface area contributed by atoms with E-state index in [1.54, 1.807) is 4.31 Å². The van der Waals surface area contributed by atoms with Crippen molar-refractivity contribution in [2.75, 3.05) is 19.7 Å². The fourth-order valence-corrected chi connectivity index (χ4v) is 5.33. The van der Waals surface area contributed by atoms with Gasteiger partial charge in [0.25, 0.3) is 0 Å². The number of hydrogen-bond donors (Lipinski definition) is 0. The summed E-state index contributed by atoms with van der Waals surface area (Å²) >= 11 is 0. The minimum Gasteiger partial charge on any atom is -0.367 e. The molecule has 6 nitrogen and oxygen atoms in total. The third-order valence-electron chi connectivity index (χ3n) is 4.40. The molecule has 2 fully saturated rings. The number of aryl methyl sites for hydroxylation is 2. The van der Waals surface area contributed by atoms with E-state index in [-0.39, 0.29) is 11.4 Å². The SMILES string of the molecule is Cc1cc(C)nc([C@H]2CN(S(=O)(=O)C3CCCC3)CCO2)n1. The van der Waals surface area contributed by atoms with Crippen molar-refractivity contribution in [3.8, 4) is 0 Å². The first-order valence-corrected chi connectivity index (χ1v) is 9.40. The van der Waals surface area contributed by atoms with Gasteiger partial charge in [-0.3, -0.25) is 0 Å². The molecule has 0 spiro atoms. The molecule has 0 unspecified atom stereocenters. The highest BCUT2D eigenvalue weighted by Gasteiger charge is 2.38. The van der Waals surface area contributed by atoms with Gasteiger partial charge in [0.2, 0.25) is 10.0 Å². The monoisotopic (exact) mass is 325 g/mol. The maximum atomic E-state index is 12.7. The molecule has 1 aromatic heterocycles. The number of hydrogen-bond acceptors (Lipinski definition) is 5. The molecule has 0 aromatic carbocycles. The second-order valence-electron chi connectivity index (χ2n) is 6.18. The Morgan fingerprint density at radius 1 is 1.18 bits per heavy atom. The van der Waals surface area contributed by atoms with Gasteiger partial charge in [-0.25, -0.2) is 18.4 Å². The molecular formula is C15H23N3O3S. The highest BCUT2D eigenvalue weighted by atomic mass is 32.2. The van der Waals surface area contributed by atoms with Crippen molar-refractivity contribution in [2.24, 2.45) is 0 Å². The number of aromatic nitrogens is 2. The summed E-state index contributed by atoms with van der Waals surface area (Å²) < 4.78 is 32.8. The largest absolute Gasteiger partial charge is 0.367 e. The zero-order valence-corrected chi connectivity index (χ0v) is 14.0. The van der Waals surface area contributed by atoms with Crippen LogP contribution in [0.25, 0.3) is 0 Å². The Hall–Kier alpha value is -1.05. The lowest BCUT2D eigenvalue weighted by Gasteiger charge is -2.33. The van der Waals surface area contributed by atoms with Gasteiger partial charge in [0.05, 0.1) is 11.9 Å². The average molecular weight is 325 g/mol. The molecule has 1 aliphatic carbocycles. The number of morpholine rings is 1. The third kappa shape index (κ3) is 3.16. The van der Waals surface area contributed by atoms with Crippen molar-refractivity contribution in [1.82, 2.24) is 14.3 Å². The van der Waals surface area contributed by atoms with Gasteiger partial charge < -0.3 is 4.74 Å². The van der Waals surface area contributed by atoms with Crippen molar-refractivity contribution in [2.45, 2.75) is 50.9 Å². The van der Waals surface area contributed by atoms with Crippen molar-refractivity contribution in [3.05, 3.63) is 23.3 Å². The number of ether oxygens (including phenoxy) is 1.